The first-order valence-electron chi connectivity index (χ1n) is 6.54. The van der Waals surface area contributed by atoms with Crippen LogP contribution >= 0.6 is 11.3 Å². The number of aromatic nitrogens is 1. The molecule has 21 heavy (non-hydrogen) atoms. The second kappa shape index (κ2) is 7.36. The van der Waals surface area contributed by atoms with Crippen molar-refractivity contribution in [3.63, 3.8) is 0 Å². The number of benzene rings is 1. The Bertz CT molecular complexity index is 683. The first-order chi connectivity index (χ1) is 10.2. The number of carbonyl (C=O) groups is 1. The predicted octanol–water partition coefficient (Wildman–Crippen LogP) is 2.72. The summed E-state index contributed by atoms with van der Waals surface area (Å²) in [7, 11) is 0. The number of nitriles is 1. The van der Waals surface area contributed by atoms with Gasteiger partial charge in [-0.3, -0.25) is 4.79 Å². The van der Waals surface area contributed by atoms with E-state index in [1.807, 2.05) is 43.3 Å². The molecule has 0 spiro atoms. The lowest BCUT2D eigenvalue weighted by atomic mass is 10.1. The Morgan fingerprint density at radius 3 is 2.81 bits per heavy atom. The van der Waals surface area contributed by atoms with Crippen molar-refractivity contribution in [2.75, 3.05) is 6.54 Å². The van der Waals surface area contributed by atoms with Crippen molar-refractivity contribution in [3.8, 4) is 6.07 Å². The van der Waals surface area contributed by atoms with Crippen molar-refractivity contribution in [2.24, 2.45) is 0 Å². The maximum absolute atomic E-state index is 12.0. The molecule has 4 nitrogen and oxygen atoms in total. The fourth-order valence-corrected chi connectivity index (χ4v) is 2.52. The van der Waals surface area contributed by atoms with Gasteiger partial charge in [-0.05, 0) is 25.0 Å². The number of nitrogens with one attached hydrogen (secondary N) is 1. The van der Waals surface area contributed by atoms with E-state index in [1.165, 1.54) is 11.3 Å². The molecule has 1 amide bonds. The second-order valence-electron chi connectivity index (χ2n) is 4.46. The van der Waals surface area contributed by atoms with Crippen molar-refractivity contribution in [2.45, 2.75) is 13.3 Å². The molecule has 0 aliphatic carbocycles. The van der Waals surface area contributed by atoms with Gasteiger partial charge < -0.3 is 5.32 Å². The van der Waals surface area contributed by atoms with Crippen molar-refractivity contribution < 1.29 is 4.79 Å². The minimum atomic E-state index is -0.346. The fraction of sp³-hybridized carbons (Fsp3) is 0.188. The second-order valence-corrected chi connectivity index (χ2v) is 5.35. The van der Waals surface area contributed by atoms with Crippen molar-refractivity contribution >= 4 is 23.3 Å². The van der Waals surface area contributed by atoms with E-state index in [2.05, 4.69) is 10.3 Å². The van der Waals surface area contributed by atoms with Crippen LogP contribution in [0.1, 0.15) is 16.1 Å². The third-order valence-electron chi connectivity index (χ3n) is 2.97. The summed E-state index contributed by atoms with van der Waals surface area (Å²) >= 11 is 1.41. The molecule has 0 bridgehead atoms. The standard InChI is InChI=1S/C16H15N3OS/c1-12-15(21-11-19-12)9-14(10-17)16(20)18-8-7-13-5-3-2-4-6-13/h2-6,9,11H,7-8H2,1H3,(H,18,20). The summed E-state index contributed by atoms with van der Waals surface area (Å²) in [6, 6.07) is 11.8. The number of thiazole rings is 1. The topological polar surface area (TPSA) is 65.8 Å². The molecule has 5 heteroatoms. The molecular weight excluding hydrogens is 282 g/mol. The third-order valence-corrected chi connectivity index (χ3v) is 3.84. The minimum absolute atomic E-state index is 0.107. The first-order valence-corrected chi connectivity index (χ1v) is 7.42. The van der Waals surface area contributed by atoms with Crippen LogP contribution in [0.15, 0.2) is 41.4 Å². The average molecular weight is 297 g/mol. The van der Waals surface area contributed by atoms with E-state index in [0.717, 1.165) is 22.6 Å². The van der Waals surface area contributed by atoms with Gasteiger partial charge in [0.1, 0.15) is 11.6 Å². The number of aryl methyl sites for hydroxylation is 1. The van der Waals surface area contributed by atoms with Gasteiger partial charge in [-0.25, -0.2) is 4.98 Å². The first kappa shape index (κ1) is 14.9. The molecule has 1 N–H and O–H groups in total. The Labute approximate surface area is 127 Å². The molecule has 0 saturated heterocycles. The smallest absolute Gasteiger partial charge is 0.261 e. The molecule has 2 rings (SSSR count). The lowest BCUT2D eigenvalue weighted by Gasteiger charge is -2.04. The van der Waals surface area contributed by atoms with Crippen LogP contribution in [0, 0.1) is 18.3 Å². The minimum Gasteiger partial charge on any atom is -0.351 e. The highest BCUT2D eigenvalue weighted by atomic mass is 32.1. The fourth-order valence-electron chi connectivity index (χ4n) is 1.79. The van der Waals surface area contributed by atoms with E-state index in [0.29, 0.717) is 6.54 Å². The highest BCUT2D eigenvalue weighted by Crippen LogP contribution is 2.16. The third kappa shape index (κ3) is 4.26. The molecule has 0 aliphatic rings. The lowest BCUT2D eigenvalue weighted by molar-refractivity contribution is -0.117. The molecule has 0 aliphatic heterocycles. The summed E-state index contributed by atoms with van der Waals surface area (Å²) in [5.74, 6) is -0.346. The van der Waals surface area contributed by atoms with E-state index in [-0.39, 0.29) is 11.5 Å². The van der Waals surface area contributed by atoms with Gasteiger partial charge in [-0.15, -0.1) is 11.3 Å². The van der Waals surface area contributed by atoms with Crippen molar-refractivity contribution in [1.82, 2.24) is 10.3 Å². The largest absolute Gasteiger partial charge is 0.351 e. The summed E-state index contributed by atoms with van der Waals surface area (Å²) in [5.41, 5.74) is 3.78. The van der Waals surface area contributed by atoms with Gasteiger partial charge in [0.2, 0.25) is 0 Å². The molecule has 0 fully saturated rings. The molecule has 0 atom stereocenters. The number of hydrogen-bond donors (Lipinski definition) is 1. The number of rotatable bonds is 5. The number of amides is 1. The van der Waals surface area contributed by atoms with Gasteiger partial charge in [-0.1, -0.05) is 30.3 Å². The summed E-state index contributed by atoms with van der Waals surface area (Å²) in [6.07, 6.45) is 2.33. The van der Waals surface area contributed by atoms with Crippen LogP contribution < -0.4 is 5.32 Å². The van der Waals surface area contributed by atoms with Gasteiger partial charge in [0.25, 0.3) is 5.91 Å². The van der Waals surface area contributed by atoms with Gasteiger partial charge in [0.05, 0.1) is 16.1 Å². The Morgan fingerprint density at radius 2 is 2.19 bits per heavy atom. The van der Waals surface area contributed by atoms with Crippen LogP contribution in [-0.4, -0.2) is 17.4 Å². The lowest BCUT2D eigenvalue weighted by Crippen LogP contribution is -2.26. The van der Waals surface area contributed by atoms with Crippen LogP contribution in [0.25, 0.3) is 6.08 Å². The van der Waals surface area contributed by atoms with E-state index in [4.69, 9.17) is 5.26 Å². The Kier molecular flexibility index (Phi) is 5.24. The summed E-state index contributed by atoms with van der Waals surface area (Å²) in [6.45, 7) is 2.36. The average Bonchev–Trinajstić information content (AvgIpc) is 2.91. The zero-order chi connectivity index (χ0) is 15.1. The number of hydrogen-bond acceptors (Lipinski definition) is 4. The molecule has 1 aromatic carbocycles. The van der Waals surface area contributed by atoms with E-state index >= 15 is 0 Å². The maximum atomic E-state index is 12.0. The zero-order valence-corrected chi connectivity index (χ0v) is 12.5. The molecule has 0 saturated carbocycles. The number of nitrogens with zero attached hydrogens (tertiary/aromatic N) is 2. The van der Waals surface area contributed by atoms with Crippen LogP contribution in [-0.2, 0) is 11.2 Å². The van der Waals surface area contributed by atoms with Crippen molar-refractivity contribution in [1.29, 1.82) is 5.26 Å². The SMILES string of the molecule is Cc1ncsc1C=C(C#N)C(=O)NCCc1ccccc1. The van der Waals surface area contributed by atoms with Crippen LogP contribution in [0.4, 0.5) is 0 Å². The highest BCUT2D eigenvalue weighted by molar-refractivity contribution is 7.10. The summed E-state index contributed by atoms with van der Waals surface area (Å²) < 4.78 is 0. The van der Waals surface area contributed by atoms with Gasteiger partial charge in [-0.2, -0.15) is 5.26 Å². The molecule has 1 heterocycles. The Balaban J connectivity index is 1.94. The Hall–Kier alpha value is -2.45. The van der Waals surface area contributed by atoms with Gasteiger partial charge >= 0.3 is 0 Å². The maximum Gasteiger partial charge on any atom is 0.261 e. The highest BCUT2D eigenvalue weighted by Gasteiger charge is 2.10. The molecule has 0 radical (unpaired) electrons. The molecule has 2 aromatic rings. The van der Waals surface area contributed by atoms with Crippen LogP contribution in [0.5, 0.6) is 0 Å². The Morgan fingerprint density at radius 1 is 1.43 bits per heavy atom. The van der Waals surface area contributed by atoms with Crippen LogP contribution in [0.2, 0.25) is 0 Å². The van der Waals surface area contributed by atoms with Crippen molar-refractivity contribution in [3.05, 3.63) is 57.6 Å². The normalized spacial score (nSPS) is 11.0. The van der Waals surface area contributed by atoms with Crippen LogP contribution in [0.3, 0.4) is 0 Å². The monoisotopic (exact) mass is 297 g/mol. The predicted molar refractivity (Wildman–Crippen MR) is 83.6 cm³/mol. The van der Waals surface area contributed by atoms with E-state index in [1.54, 1.807) is 11.6 Å². The van der Waals surface area contributed by atoms with E-state index < -0.39 is 0 Å². The van der Waals surface area contributed by atoms with E-state index in [9.17, 15) is 4.79 Å². The molecule has 1 aromatic heterocycles. The molecular formula is C16H15N3OS. The summed E-state index contributed by atoms with van der Waals surface area (Å²) in [5, 5.41) is 11.9. The summed E-state index contributed by atoms with van der Waals surface area (Å²) in [4.78, 5) is 16.9. The zero-order valence-electron chi connectivity index (χ0n) is 11.7. The molecule has 0 unspecified atom stereocenters. The molecule has 106 valence electrons. The van der Waals surface area contributed by atoms with Gasteiger partial charge in [0, 0.05) is 6.54 Å². The number of carbonyl (C=O) groups excluding carboxylic acids is 1. The van der Waals surface area contributed by atoms with Gasteiger partial charge in [0.15, 0.2) is 0 Å². The quantitative estimate of drug-likeness (QED) is 0.681.